The molecule has 0 fully saturated rings. The fourth-order valence-electron chi connectivity index (χ4n) is 1.62. The smallest absolute Gasteiger partial charge is 0.326 e. The zero-order chi connectivity index (χ0) is 15.4. The van der Waals surface area contributed by atoms with Crippen LogP contribution in [0.3, 0.4) is 0 Å². The molecule has 2 rings (SSSR count). The number of nitrogens with zero attached hydrogens (tertiary/aromatic N) is 3. The molecule has 2 aromatic heterocycles. The highest BCUT2D eigenvalue weighted by Gasteiger charge is 2.25. The van der Waals surface area contributed by atoms with Gasteiger partial charge in [0.25, 0.3) is 5.91 Å². The van der Waals surface area contributed by atoms with Gasteiger partial charge in [-0.25, -0.2) is 19.7 Å². The summed E-state index contributed by atoms with van der Waals surface area (Å²) >= 11 is 1.12. The van der Waals surface area contributed by atoms with Crippen LogP contribution in [-0.4, -0.2) is 38.0 Å². The predicted octanol–water partition coefficient (Wildman–Crippen LogP) is 1.44. The third-order valence-corrected chi connectivity index (χ3v) is 3.70. The second-order valence-electron chi connectivity index (χ2n) is 4.64. The van der Waals surface area contributed by atoms with Gasteiger partial charge in [0.15, 0.2) is 10.8 Å². The normalized spacial score (nSPS) is 12.1. The van der Waals surface area contributed by atoms with Crippen molar-refractivity contribution < 1.29 is 14.7 Å². The van der Waals surface area contributed by atoms with Gasteiger partial charge in [-0.1, -0.05) is 13.8 Å². The summed E-state index contributed by atoms with van der Waals surface area (Å²) in [5.74, 6) is -1.30. The zero-order valence-corrected chi connectivity index (χ0v) is 12.3. The van der Waals surface area contributed by atoms with E-state index >= 15 is 0 Å². The third kappa shape index (κ3) is 3.60. The van der Waals surface area contributed by atoms with Crippen LogP contribution < -0.4 is 5.32 Å². The predicted molar refractivity (Wildman–Crippen MR) is 76.9 cm³/mol. The number of aromatic nitrogens is 3. The topological polar surface area (TPSA) is 105 Å². The highest BCUT2D eigenvalue weighted by Crippen LogP contribution is 2.21. The summed E-state index contributed by atoms with van der Waals surface area (Å²) in [5, 5.41) is 12.1. The van der Waals surface area contributed by atoms with Gasteiger partial charge >= 0.3 is 5.97 Å². The van der Waals surface area contributed by atoms with E-state index in [0.29, 0.717) is 15.7 Å². The maximum Gasteiger partial charge on any atom is 0.326 e. The standard InChI is InChI=1S/C13H14N4O3S/c1-7(2)9(13(19)20)17-11(18)8-6-16-12(21-8)10-14-4-3-5-15-10/h3-7,9H,1-2H3,(H,17,18)(H,19,20)/t9-/m0/s1. The van der Waals surface area contributed by atoms with Crippen LogP contribution in [0.15, 0.2) is 24.7 Å². The van der Waals surface area contributed by atoms with Crippen LogP contribution in [0.25, 0.3) is 10.8 Å². The first-order valence-corrected chi connectivity index (χ1v) is 7.07. The Balaban J connectivity index is 2.14. The lowest BCUT2D eigenvalue weighted by molar-refractivity contribution is -0.140. The minimum absolute atomic E-state index is 0.212. The molecular formula is C13H14N4O3S. The number of hydrogen-bond donors (Lipinski definition) is 2. The lowest BCUT2D eigenvalue weighted by atomic mass is 10.0. The van der Waals surface area contributed by atoms with Crippen LogP contribution >= 0.6 is 11.3 Å². The van der Waals surface area contributed by atoms with Crippen LogP contribution in [0.2, 0.25) is 0 Å². The molecule has 0 aliphatic carbocycles. The fraction of sp³-hybridized carbons (Fsp3) is 0.308. The summed E-state index contributed by atoms with van der Waals surface area (Å²) in [6.07, 6.45) is 4.57. The van der Waals surface area contributed by atoms with Crippen molar-refractivity contribution in [2.45, 2.75) is 19.9 Å². The fourth-order valence-corrected chi connectivity index (χ4v) is 2.39. The number of thiazole rings is 1. The molecule has 2 aromatic rings. The Morgan fingerprint density at radius 3 is 2.48 bits per heavy atom. The van der Waals surface area contributed by atoms with E-state index in [1.54, 1.807) is 32.3 Å². The lowest BCUT2D eigenvalue weighted by Crippen LogP contribution is -2.44. The molecule has 7 nitrogen and oxygen atoms in total. The number of hydrogen-bond acceptors (Lipinski definition) is 6. The molecule has 8 heteroatoms. The molecule has 0 radical (unpaired) electrons. The van der Waals surface area contributed by atoms with E-state index < -0.39 is 17.9 Å². The number of carboxylic acids is 1. The number of rotatable bonds is 5. The van der Waals surface area contributed by atoms with Crippen LogP contribution in [0.4, 0.5) is 0 Å². The van der Waals surface area contributed by atoms with Crippen molar-refractivity contribution in [2.24, 2.45) is 5.92 Å². The first-order valence-electron chi connectivity index (χ1n) is 6.26. The van der Waals surface area contributed by atoms with Crippen molar-refractivity contribution in [3.63, 3.8) is 0 Å². The molecule has 0 spiro atoms. The highest BCUT2D eigenvalue weighted by molar-refractivity contribution is 7.16. The van der Waals surface area contributed by atoms with E-state index in [-0.39, 0.29) is 5.92 Å². The third-order valence-electron chi connectivity index (χ3n) is 2.71. The molecule has 0 aromatic carbocycles. The van der Waals surface area contributed by atoms with Crippen molar-refractivity contribution in [2.75, 3.05) is 0 Å². The van der Waals surface area contributed by atoms with E-state index in [1.165, 1.54) is 6.20 Å². The van der Waals surface area contributed by atoms with Gasteiger partial charge in [-0.15, -0.1) is 11.3 Å². The van der Waals surface area contributed by atoms with Gasteiger partial charge in [-0.05, 0) is 12.0 Å². The van der Waals surface area contributed by atoms with Gasteiger partial charge in [-0.2, -0.15) is 0 Å². The summed E-state index contributed by atoms with van der Waals surface area (Å²) in [6.45, 7) is 3.46. The average Bonchev–Trinajstić information content (AvgIpc) is 2.94. The molecule has 0 saturated carbocycles. The molecule has 2 heterocycles. The van der Waals surface area contributed by atoms with Gasteiger partial charge in [-0.3, -0.25) is 4.79 Å². The van der Waals surface area contributed by atoms with Crippen molar-refractivity contribution in [1.29, 1.82) is 0 Å². The monoisotopic (exact) mass is 306 g/mol. The number of carboxylic acid groups (broad SMARTS) is 1. The minimum atomic E-state index is -1.06. The maximum atomic E-state index is 12.1. The van der Waals surface area contributed by atoms with Crippen molar-refractivity contribution in [3.05, 3.63) is 29.5 Å². The van der Waals surface area contributed by atoms with Crippen molar-refractivity contribution >= 4 is 23.2 Å². The summed E-state index contributed by atoms with van der Waals surface area (Å²) in [6, 6.07) is 0.751. The van der Waals surface area contributed by atoms with Gasteiger partial charge in [0, 0.05) is 12.4 Å². The Bertz CT molecular complexity index is 642. The molecule has 0 aliphatic rings. The van der Waals surface area contributed by atoms with Gasteiger partial charge in [0.05, 0.1) is 6.20 Å². The van der Waals surface area contributed by atoms with E-state index in [4.69, 9.17) is 5.11 Å². The van der Waals surface area contributed by atoms with Crippen LogP contribution in [0, 0.1) is 5.92 Å². The molecule has 0 aliphatic heterocycles. The summed E-state index contributed by atoms with van der Waals surface area (Å²) in [5.41, 5.74) is 0. The number of nitrogens with one attached hydrogen (secondary N) is 1. The van der Waals surface area contributed by atoms with Crippen molar-refractivity contribution in [3.8, 4) is 10.8 Å². The number of carbonyl (C=O) groups excluding carboxylic acids is 1. The van der Waals surface area contributed by atoms with Crippen LogP contribution in [0.5, 0.6) is 0 Å². The number of amides is 1. The largest absolute Gasteiger partial charge is 0.480 e. The molecule has 0 unspecified atom stereocenters. The Kier molecular flexibility index (Phi) is 4.59. The SMILES string of the molecule is CC(C)[C@H](NC(=O)c1cnc(-c2ncccn2)s1)C(=O)O. The van der Waals surface area contributed by atoms with Gasteiger partial charge in [0.1, 0.15) is 10.9 Å². The molecule has 2 N–H and O–H groups in total. The molecule has 0 saturated heterocycles. The second-order valence-corrected chi connectivity index (χ2v) is 5.67. The molecule has 21 heavy (non-hydrogen) atoms. The first kappa shape index (κ1) is 15.0. The molecule has 0 bridgehead atoms. The molecule has 1 amide bonds. The number of carbonyl (C=O) groups is 2. The minimum Gasteiger partial charge on any atom is -0.480 e. The summed E-state index contributed by atoms with van der Waals surface area (Å²) < 4.78 is 0. The Morgan fingerprint density at radius 1 is 1.24 bits per heavy atom. The van der Waals surface area contributed by atoms with E-state index in [0.717, 1.165) is 11.3 Å². The molecule has 1 atom stereocenters. The van der Waals surface area contributed by atoms with E-state index in [9.17, 15) is 9.59 Å². The Labute approximate surface area is 125 Å². The molecule has 110 valence electrons. The average molecular weight is 306 g/mol. The van der Waals surface area contributed by atoms with Crippen LogP contribution in [0.1, 0.15) is 23.5 Å². The quantitative estimate of drug-likeness (QED) is 0.866. The Hall–Kier alpha value is -2.35. The van der Waals surface area contributed by atoms with E-state index in [1.807, 2.05) is 0 Å². The maximum absolute atomic E-state index is 12.1. The van der Waals surface area contributed by atoms with E-state index in [2.05, 4.69) is 20.3 Å². The second kappa shape index (κ2) is 6.40. The number of aliphatic carboxylic acids is 1. The first-order chi connectivity index (χ1) is 9.99. The molecular weight excluding hydrogens is 292 g/mol. The summed E-state index contributed by atoms with van der Waals surface area (Å²) in [4.78, 5) is 35.7. The summed E-state index contributed by atoms with van der Waals surface area (Å²) in [7, 11) is 0. The van der Waals surface area contributed by atoms with Gasteiger partial charge in [0.2, 0.25) is 0 Å². The lowest BCUT2D eigenvalue weighted by Gasteiger charge is -2.16. The highest BCUT2D eigenvalue weighted by atomic mass is 32.1. The van der Waals surface area contributed by atoms with Gasteiger partial charge < -0.3 is 10.4 Å². The van der Waals surface area contributed by atoms with Crippen LogP contribution in [-0.2, 0) is 4.79 Å². The zero-order valence-electron chi connectivity index (χ0n) is 11.5. The van der Waals surface area contributed by atoms with Crippen molar-refractivity contribution in [1.82, 2.24) is 20.3 Å². The Morgan fingerprint density at radius 2 is 1.90 bits per heavy atom.